The smallest absolute Gasteiger partial charge is 0.269 e. The van der Waals surface area contributed by atoms with Crippen LogP contribution in [0.1, 0.15) is 6.92 Å². The van der Waals surface area contributed by atoms with Gasteiger partial charge in [0.2, 0.25) is 5.82 Å². The average molecular weight is 443 g/mol. The summed E-state index contributed by atoms with van der Waals surface area (Å²) in [6, 6.07) is 13.7. The molecule has 0 saturated carbocycles. The van der Waals surface area contributed by atoms with Gasteiger partial charge in [0.15, 0.2) is 0 Å². The summed E-state index contributed by atoms with van der Waals surface area (Å²) in [6.07, 6.45) is 1.62. The summed E-state index contributed by atoms with van der Waals surface area (Å²) in [5.74, 6) is 1.10. The molecule has 0 amide bonds. The van der Waals surface area contributed by atoms with Gasteiger partial charge in [-0.1, -0.05) is 11.2 Å². The molecule has 0 aliphatic rings. The molecule has 0 N–H and O–H groups in total. The largest absolute Gasteiger partial charge is 0.494 e. The first-order valence-corrected chi connectivity index (χ1v) is 11.4. The Morgan fingerprint density at radius 3 is 2.63 bits per heavy atom. The van der Waals surface area contributed by atoms with Crippen LogP contribution >= 0.6 is 11.3 Å². The number of anilines is 1. The fraction of sp³-hybridized carbons (Fsp3) is 0.150. The van der Waals surface area contributed by atoms with Gasteiger partial charge in [0.25, 0.3) is 15.9 Å². The number of ether oxygens (including phenoxy) is 1. The molecule has 0 fully saturated rings. The van der Waals surface area contributed by atoms with Gasteiger partial charge in [0.1, 0.15) is 21.2 Å². The predicted octanol–water partition coefficient (Wildman–Crippen LogP) is 4.08. The SMILES string of the molecule is CCOc1ccc(N(C)S(=O)(=O)c2ccsc2-c2nc(-c3ccccn3)no2)cc1. The number of hydrogen-bond acceptors (Lipinski definition) is 8. The minimum Gasteiger partial charge on any atom is -0.494 e. The van der Waals surface area contributed by atoms with E-state index in [1.54, 1.807) is 48.0 Å². The van der Waals surface area contributed by atoms with Crippen molar-refractivity contribution in [3.63, 3.8) is 0 Å². The van der Waals surface area contributed by atoms with Crippen LogP contribution < -0.4 is 9.04 Å². The Morgan fingerprint density at radius 1 is 1.13 bits per heavy atom. The second-order valence-corrected chi connectivity index (χ2v) is 9.01. The lowest BCUT2D eigenvalue weighted by Crippen LogP contribution is -2.26. The molecule has 0 saturated heterocycles. The van der Waals surface area contributed by atoms with Crippen LogP contribution in [0.15, 0.2) is 69.5 Å². The van der Waals surface area contributed by atoms with Crippen molar-refractivity contribution >= 4 is 27.0 Å². The van der Waals surface area contributed by atoms with Crippen LogP contribution in [0.25, 0.3) is 22.3 Å². The third-order valence-electron chi connectivity index (χ3n) is 4.29. The molecule has 0 aliphatic heterocycles. The average Bonchev–Trinajstić information content (AvgIpc) is 3.44. The zero-order valence-electron chi connectivity index (χ0n) is 16.2. The lowest BCUT2D eigenvalue weighted by molar-refractivity contribution is 0.340. The summed E-state index contributed by atoms with van der Waals surface area (Å²) in [5.41, 5.74) is 1.05. The molecule has 0 atom stereocenters. The van der Waals surface area contributed by atoms with Gasteiger partial charge >= 0.3 is 0 Å². The Balaban J connectivity index is 1.65. The quantitative estimate of drug-likeness (QED) is 0.425. The van der Waals surface area contributed by atoms with Crippen LogP contribution in [0.3, 0.4) is 0 Å². The Kier molecular flexibility index (Phi) is 5.51. The van der Waals surface area contributed by atoms with Gasteiger partial charge in [-0.05, 0) is 54.8 Å². The predicted molar refractivity (Wildman–Crippen MR) is 114 cm³/mol. The van der Waals surface area contributed by atoms with Gasteiger partial charge in [-0.2, -0.15) is 4.98 Å². The molecule has 0 aliphatic carbocycles. The van der Waals surface area contributed by atoms with E-state index < -0.39 is 10.0 Å². The molecule has 10 heteroatoms. The highest BCUT2D eigenvalue weighted by atomic mass is 32.2. The van der Waals surface area contributed by atoms with Crippen LogP contribution in [0, 0.1) is 0 Å². The summed E-state index contributed by atoms with van der Waals surface area (Å²) in [4.78, 5) is 8.99. The highest BCUT2D eigenvalue weighted by molar-refractivity contribution is 7.93. The molecule has 1 aromatic carbocycles. The maximum Gasteiger partial charge on any atom is 0.269 e. The van der Waals surface area contributed by atoms with Gasteiger partial charge in [-0.15, -0.1) is 11.3 Å². The van der Waals surface area contributed by atoms with E-state index >= 15 is 0 Å². The molecular weight excluding hydrogens is 424 g/mol. The Morgan fingerprint density at radius 2 is 1.93 bits per heavy atom. The van der Waals surface area contributed by atoms with Crippen molar-refractivity contribution in [3.8, 4) is 28.0 Å². The molecule has 30 heavy (non-hydrogen) atoms. The van der Waals surface area contributed by atoms with Crippen LogP contribution in [0.4, 0.5) is 5.69 Å². The summed E-state index contributed by atoms with van der Waals surface area (Å²) in [7, 11) is -2.35. The van der Waals surface area contributed by atoms with Crippen LogP contribution in [0.5, 0.6) is 5.75 Å². The molecule has 0 bridgehead atoms. The molecular formula is C20H18N4O4S2. The molecule has 0 radical (unpaired) electrons. The van der Waals surface area contributed by atoms with Crippen molar-refractivity contribution < 1.29 is 17.7 Å². The number of benzene rings is 1. The number of sulfonamides is 1. The summed E-state index contributed by atoms with van der Waals surface area (Å²) < 4.78 is 38.5. The van der Waals surface area contributed by atoms with Crippen LogP contribution in [-0.4, -0.2) is 37.2 Å². The van der Waals surface area contributed by atoms with Crippen molar-refractivity contribution in [2.24, 2.45) is 0 Å². The van der Waals surface area contributed by atoms with Crippen molar-refractivity contribution in [1.29, 1.82) is 0 Å². The van der Waals surface area contributed by atoms with Gasteiger partial charge in [0, 0.05) is 13.2 Å². The first-order chi connectivity index (χ1) is 14.5. The maximum atomic E-state index is 13.3. The maximum absolute atomic E-state index is 13.3. The Bertz CT molecular complexity index is 1240. The molecule has 3 aromatic heterocycles. The highest BCUT2D eigenvalue weighted by Crippen LogP contribution is 2.35. The highest BCUT2D eigenvalue weighted by Gasteiger charge is 2.28. The first kappa shape index (κ1) is 20.0. The molecule has 4 rings (SSSR count). The number of rotatable bonds is 7. The second-order valence-electron chi connectivity index (χ2n) is 6.15. The number of hydrogen-bond donors (Lipinski definition) is 0. The summed E-state index contributed by atoms with van der Waals surface area (Å²) in [5, 5.41) is 5.61. The first-order valence-electron chi connectivity index (χ1n) is 9.05. The van der Waals surface area contributed by atoms with Gasteiger partial charge < -0.3 is 9.26 Å². The van der Waals surface area contributed by atoms with Crippen molar-refractivity contribution in [2.45, 2.75) is 11.8 Å². The van der Waals surface area contributed by atoms with Gasteiger partial charge in [0.05, 0.1) is 12.3 Å². The molecule has 0 unspecified atom stereocenters. The van der Waals surface area contributed by atoms with E-state index in [4.69, 9.17) is 9.26 Å². The Hall–Kier alpha value is -3.24. The summed E-state index contributed by atoms with van der Waals surface area (Å²) >= 11 is 1.22. The third kappa shape index (κ3) is 3.79. The molecule has 3 heterocycles. The normalized spacial score (nSPS) is 11.4. The van der Waals surface area contributed by atoms with Gasteiger partial charge in [-0.25, -0.2) is 8.42 Å². The van der Waals surface area contributed by atoms with E-state index in [9.17, 15) is 8.42 Å². The molecule has 0 spiro atoms. The second kappa shape index (κ2) is 8.25. The Labute approximate surface area is 177 Å². The number of pyridine rings is 1. The van der Waals surface area contributed by atoms with E-state index in [1.807, 2.05) is 13.0 Å². The fourth-order valence-electron chi connectivity index (χ4n) is 2.78. The molecule has 8 nitrogen and oxygen atoms in total. The molecule has 154 valence electrons. The molecule has 4 aromatic rings. The standard InChI is InChI=1S/C20H18N4O4S2/c1-3-27-15-9-7-14(8-10-15)24(2)30(25,26)17-11-13-29-18(17)20-22-19(23-28-20)16-6-4-5-12-21-16/h4-13H,3H2,1-2H3. The minimum atomic E-state index is -3.85. The van der Waals surface area contributed by atoms with E-state index in [-0.39, 0.29) is 10.8 Å². The van der Waals surface area contributed by atoms with Crippen molar-refractivity contribution in [2.75, 3.05) is 18.0 Å². The topological polar surface area (TPSA) is 98.4 Å². The lowest BCUT2D eigenvalue weighted by atomic mass is 10.3. The van der Waals surface area contributed by atoms with Crippen LogP contribution in [-0.2, 0) is 10.0 Å². The monoisotopic (exact) mass is 442 g/mol. The van der Waals surface area contributed by atoms with Gasteiger partial charge in [-0.3, -0.25) is 9.29 Å². The van der Waals surface area contributed by atoms with E-state index in [2.05, 4.69) is 15.1 Å². The number of aromatic nitrogens is 3. The van der Waals surface area contributed by atoms with Crippen molar-refractivity contribution in [3.05, 3.63) is 60.1 Å². The van der Waals surface area contributed by atoms with E-state index in [0.717, 1.165) is 0 Å². The van der Waals surface area contributed by atoms with E-state index in [1.165, 1.54) is 28.8 Å². The third-order valence-corrected chi connectivity index (χ3v) is 7.15. The zero-order valence-corrected chi connectivity index (χ0v) is 17.9. The van der Waals surface area contributed by atoms with Crippen LogP contribution in [0.2, 0.25) is 0 Å². The number of thiophene rings is 1. The zero-order chi connectivity index (χ0) is 21.1. The van der Waals surface area contributed by atoms with Crippen molar-refractivity contribution in [1.82, 2.24) is 15.1 Å². The lowest BCUT2D eigenvalue weighted by Gasteiger charge is -2.19. The fourth-order valence-corrected chi connectivity index (χ4v) is 5.29. The van der Waals surface area contributed by atoms with E-state index in [0.29, 0.717) is 34.4 Å². The minimum absolute atomic E-state index is 0.0973. The number of nitrogens with zero attached hydrogens (tertiary/aromatic N) is 4. The summed E-state index contributed by atoms with van der Waals surface area (Å²) in [6.45, 7) is 2.43.